The minimum Gasteiger partial charge on any atom is -0.366 e. The summed E-state index contributed by atoms with van der Waals surface area (Å²) in [6, 6.07) is 7.55. The first-order chi connectivity index (χ1) is 14.7. The van der Waals surface area contributed by atoms with Gasteiger partial charge in [0.2, 0.25) is 5.91 Å². The van der Waals surface area contributed by atoms with Crippen molar-refractivity contribution in [3.05, 3.63) is 60.4 Å². The van der Waals surface area contributed by atoms with Crippen LogP contribution in [-0.2, 0) is 13.0 Å². The molecule has 1 aliphatic rings. The lowest BCUT2D eigenvalue weighted by molar-refractivity contribution is 0.1000. The fraction of sp³-hybridized carbons (Fsp3) is 0.364. The van der Waals surface area contributed by atoms with E-state index in [2.05, 4.69) is 30.8 Å². The lowest BCUT2D eigenvalue weighted by Gasteiger charge is -2.29. The van der Waals surface area contributed by atoms with Gasteiger partial charge in [-0.3, -0.25) is 9.78 Å². The summed E-state index contributed by atoms with van der Waals surface area (Å²) in [5.74, 6) is 0.352. The Morgan fingerprint density at radius 1 is 1.13 bits per heavy atom. The number of nitrogens with one attached hydrogen (secondary N) is 1. The number of carbonyl (C=O) groups excluding carboxylic acids is 1. The molecule has 1 saturated heterocycles. The standard InChI is InChI=1S/C22H27N7O/c23-22(30)18-14-20(27-21(15-18)29-11-7-24-8-12-29)17-4-5-26-19(13-17)3-1-2-9-28-10-6-25-16-28/h4-6,10,13-16,24H,1-3,7-9,11-12H2,(H2,23,30). The number of pyridine rings is 2. The number of anilines is 1. The fourth-order valence-corrected chi connectivity index (χ4v) is 3.66. The molecule has 4 heterocycles. The second kappa shape index (κ2) is 9.49. The Labute approximate surface area is 176 Å². The fourth-order valence-electron chi connectivity index (χ4n) is 3.66. The maximum Gasteiger partial charge on any atom is 0.248 e. The van der Waals surface area contributed by atoms with Gasteiger partial charge in [-0.2, -0.15) is 0 Å². The van der Waals surface area contributed by atoms with Crippen molar-refractivity contribution in [3.8, 4) is 11.3 Å². The predicted octanol–water partition coefficient (Wildman–Crippen LogP) is 1.87. The molecule has 0 saturated carbocycles. The summed E-state index contributed by atoms with van der Waals surface area (Å²) < 4.78 is 2.08. The van der Waals surface area contributed by atoms with E-state index in [0.29, 0.717) is 5.56 Å². The van der Waals surface area contributed by atoms with Crippen LogP contribution in [0, 0.1) is 0 Å². The molecule has 1 fully saturated rings. The van der Waals surface area contributed by atoms with E-state index in [-0.39, 0.29) is 0 Å². The summed E-state index contributed by atoms with van der Waals surface area (Å²) >= 11 is 0. The number of unbranched alkanes of at least 4 members (excludes halogenated alkanes) is 1. The van der Waals surface area contributed by atoms with Crippen molar-refractivity contribution in [2.45, 2.75) is 25.8 Å². The number of amides is 1. The number of hydrogen-bond acceptors (Lipinski definition) is 6. The number of aryl methyl sites for hydroxylation is 2. The molecule has 8 heteroatoms. The Morgan fingerprint density at radius 3 is 2.77 bits per heavy atom. The summed E-state index contributed by atoms with van der Waals surface area (Å²) in [4.78, 5) is 27.5. The third kappa shape index (κ3) is 5.01. The zero-order valence-corrected chi connectivity index (χ0v) is 17.0. The van der Waals surface area contributed by atoms with E-state index in [4.69, 9.17) is 10.7 Å². The van der Waals surface area contributed by atoms with Crippen molar-refractivity contribution >= 4 is 11.7 Å². The summed E-state index contributed by atoms with van der Waals surface area (Å²) in [5, 5.41) is 3.33. The number of rotatable bonds is 8. The maximum atomic E-state index is 11.9. The maximum absolute atomic E-state index is 11.9. The van der Waals surface area contributed by atoms with Gasteiger partial charge in [0.25, 0.3) is 0 Å². The number of aromatic nitrogens is 4. The molecule has 1 amide bonds. The van der Waals surface area contributed by atoms with Crippen LogP contribution < -0.4 is 16.0 Å². The van der Waals surface area contributed by atoms with E-state index in [1.165, 1.54) is 0 Å². The Hall–Kier alpha value is -3.26. The van der Waals surface area contributed by atoms with Crippen LogP contribution in [0.4, 0.5) is 5.82 Å². The molecular weight excluding hydrogens is 378 g/mol. The highest BCUT2D eigenvalue weighted by Crippen LogP contribution is 2.24. The average molecular weight is 406 g/mol. The smallest absolute Gasteiger partial charge is 0.248 e. The van der Waals surface area contributed by atoms with Crippen LogP contribution in [0.5, 0.6) is 0 Å². The molecule has 0 unspecified atom stereocenters. The SMILES string of the molecule is NC(=O)c1cc(-c2ccnc(CCCCn3ccnc3)c2)nc(N2CCNCC2)c1. The number of imidazole rings is 1. The van der Waals surface area contributed by atoms with Gasteiger partial charge in [0.1, 0.15) is 5.82 Å². The minimum atomic E-state index is -0.441. The van der Waals surface area contributed by atoms with Crippen molar-refractivity contribution in [3.63, 3.8) is 0 Å². The van der Waals surface area contributed by atoms with Crippen LogP contribution in [0.25, 0.3) is 11.3 Å². The molecule has 0 aliphatic carbocycles. The van der Waals surface area contributed by atoms with Gasteiger partial charge >= 0.3 is 0 Å². The zero-order valence-electron chi connectivity index (χ0n) is 17.0. The van der Waals surface area contributed by atoms with Gasteiger partial charge in [-0.1, -0.05) is 0 Å². The third-order valence-corrected chi connectivity index (χ3v) is 5.31. The molecule has 0 bridgehead atoms. The summed E-state index contributed by atoms with van der Waals surface area (Å²) in [6.45, 7) is 4.46. The Morgan fingerprint density at radius 2 is 2.00 bits per heavy atom. The largest absolute Gasteiger partial charge is 0.366 e. The number of nitrogens with two attached hydrogens (primary N) is 1. The number of nitrogens with zero attached hydrogens (tertiary/aromatic N) is 5. The van der Waals surface area contributed by atoms with Crippen LogP contribution in [0.1, 0.15) is 28.9 Å². The molecule has 1 aliphatic heterocycles. The van der Waals surface area contributed by atoms with Crippen molar-refractivity contribution in [1.29, 1.82) is 0 Å². The molecule has 3 N–H and O–H groups in total. The first-order valence-electron chi connectivity index (χ1n) is 10.4. The molecule has 0 radical (unpaired) electrons. The van der Waals surface area contributed by atoms with Gasteiger partial charge in [-0.25, -0.2) is 9.97 Å². The first kappa shape index (κ1) is 20.0. The quantitative estimate of drug-likeness (QED) is 0.555. The van der Waals surface area contributed by atoms with E-state index in [9.17, 15) is 4.79 Å². The van der Waals surface area contributed by atoms with E-state index < -0.39 is 5.91 Å². The molecule has 3 aromatic heterocycles. The molecule has 156 valence electrons. The zero-order chi connectivity index (χ0) is 20.8. The number of piperazine rings is 1. The van der Waals surface area contributed by atoms with Crippen LogP contribution in [0.15, 0.2) is 49.2 Å². The molecular formula is C22H27N7O. The van der Waals surface area contributed by atoms with E-state index in [0.717, 1.165) is 74.8 Å². The highest BCUT2D eigenvalue weighted by molar-refractivity contribution is 5.94. The lowest BCUT2D eigenvalue weighted by atomic mass is 10.1. The van der Waals surface area contributed by atoms with Crippen LogP contribution in [-0.4, -0.2) is 51.6 Å². The molecule has 8 nitrogen and oxygen atoms in total. The highest BCUT2D eigenvalue weighted by atomic mass is 16.1. The summed E-state index contributed by atoms with van der Waals surface area (Å²) in [5.41, 5.74) is 8.80. The molecule has 0 aromatic carbocycles. The van der Waals surface area contributed by atoms with Gasteiger partial charge in [-0.15, -0.1) is 0 Å². The van der Waals surface area contributed by atoms with Crippen molar-refractivity contribution in [2.24, 2.45) is 5.73 Å². The second-order valence-corrected chi connectivity index (χ2v) is 7.49. The average Bonchev–Trinajstić information content (AvgIpc) is 3.31. The van der Waals surface area contributed by atoms with E-state index in [1.807, 2.05) is 24.8 Å². The molecule has 0 atom stereocenters. The topological polar surface area (TPSA) is 102 Å². The van der Waals surface area contributed by atoms with Gasteiger partial charge in [-0.05, 0) is 43.5 Å². The number of primary amides is 1. The van der Waals surface area contributed by atoms with Crippen LogP contribution in [0.3, 0.4) is 0 Å². The molecule has 30 heavy (non-hydrogen) atoms. The van der Waals surface area contributed by atoms with E-state index in [1.54, 1.807) is 18.3 Å². The van der Waals surface area contributed by atoms with Crippen molar-refractivity contribution < 1.29 is 4.79 Å². The van der Waals surface area contributed by atoms with Gasteiger partial charge < -0.3 is 20.5 Å². The summed E-state index contributed by atoms with van der Waals surface area (Å²) in [6.07, 6.45) is 10.4. The number of carbonyl (C=O) groups is 1. The summed E-state index contributed by atoms with van der Waals surface area (Å²) in [7, 11) is 0. The number of hydrogen-bond donors (Lipinski definition) is 2. The highest BCUT2D eigenvalue weighted by Gasteiger charge is 2.16. The third-order valence-electron chi connectivity index (χ3n) is 5.31. The lowest BCUT2D eigenvalue weighted by Crippen LogP contribution is -2.44. The second-order valence-electron chi connectivity index (χ2n) is 7.49. The molecule has 0 spiro atoms. The molecule has 4 rings (SSSR count). The monoisotopic (exact) mass is 405 g/mol. The van der Waals surface area contributed by atoms with Gasteiger partial charge in [0.05, 0.1) is 12.0 Å². The molecule has 3 aromatic rings. The Balaban J connectivity index is 1.50. The van der Waals surface area contributed by atoms with Crippen LogP contribution >= 0.6 is 0 Å². The van der Waals surface area contributed by atoms with E-state index >= 15 is 0 Å². The minimum absolute atomic E-state index is 0.441. The predicted molar refractivity (Wildman–Crippen MR) is 116 cm³/mol. The van der Waals surface area contributed by atoms with Crippen LogP contribution in [0.2, 0.25) is 0 Å². The first-order valence-corrected chi connectivity index (χ1v) is 10.4. The normalized spacial score (nSPS) is 14.1. The van der Waals surface area contributed by atoms with Gasteiger partial charge in [0.15, 0.2) is 0 Å². The van der Waals surface area contributed by atoms with Crippen molar-refractivity contribution in [2.75, 3.05) is 31.1 Å². The van der Waals surface area contributed by atoms with Crippen molar-refractivity contribution in [1.82, 2.24) is 24.8 Å². The Kier molecular flexibility index (Phi) is 6.34. The van der Waals surface area contributed by atoms with Gasteiger partial charge in [0, 0.05) is 68.1 Å². The Bertz CT molecular complexity index is 981.